The molecular weight excluding hydrogens is 228 g/mol. The maximum atomic E-state index is 8.36. The predicted octanol–water partition coefficient (Wildman–Crippen LogP) is 2.09. The molecule has 0 spiro atoms. The third kappa shape index (κ3) is 4.04. The molecule has 1 aliphatic heterocycles. The molecule has 1 aliphatic rings. The van der Waals surface area contributed by atoms with Gasteiger partial charge in [0.15, 0.2) is 0 Å². The van der Waals surface area contributed by atoms with E-state index in [1.54, 1.807) is 0 Å². The molecule has 100 valence electrons. The Morgan fingerprint density at radius 1 is 1.39 bits per heavy atom. The summed E-state index contributed by atoms with van der Waals surface area (Å²) in [6.45, 7) is 4.35. The number of nitrogens with zero attached hydrogens (tertiary/aromatic N) is 1. The molecule has 0 aliphatic carbocycles. The van der Waals surface area contributed by atoms with E-state index in [-0.39, 0.29) is 6.47 Å². The normalized spacial score (nSPS) is 16.8. The predicted molar refractivity (Wildman–Crippen MR) is 73.8 cm³/mol. The fourth-order valence-corrected chi connectivity index (χ4v) is 2.48. The van der Waals surface area contributed by atoms with Crippen molar-refractivity contribution in [3.8, 4) is 0 Å². The Labute approximate surface area is 108 Å². The highest BCUT2D eigenvalue weighted by atomic mass is 16.3. The van der Waals surface area contributed by atoms with Gasteiger partial charge in [0.2, 0.25) is 0 Å². The van der Waals surface area contributed by atoms with Crippen LogP contribution in [-0.4, -0.2) is 36.6 Å². The first-order valence-electron chi connectivity index (χ1n) is 6.21. The molecule has 1 aromatic carbocycles. The van der Waals surface area contributed by atoms with E-state index < -0.39 is 0 Å². The lowest BCUT2D eigenvalue weighted by atomic mass is 9.87. The molecular formula is C14H22N2O2. The van der Waals surface area contributed by atoms with Crippen LogP contribution in [0.4, 0.5) is 5.69 Å². The summed E-state index contributed by atoms with van der Waals surface area (Å²) in [6, 6.07) is 6.33. The number of rotatable bonds is 1. The first-order chi connectivity index (χ1) is 8.58. The Balaban J connectivity index is 0.000000492. The second-order valence-electron chi connectivity index (χ2n) is 4.80. The number of benzene rings is 1. The lowest BCUT2D eigenvalue weighted by Gasteiger charge is -2.30. The summed E-state index contributed by atoms with van der Waals surface area (Å²) < 4.78 is 0. The molecule has 0 unspecified atom stereocenters. The van der Waals surface area contributed by atoms with Crippen molar-refractivity contribution in [3.05, 3.63) is 29.3 Å². The summed E-state index contributed by atoms with van der Waals surface area (Å²) >= 11 is 0. The van der Waals surface area contributed by atoms with Gasteiger partial charge in [-0.3, -0.25) is 4.79 Å². The minimum Gasteiger partial charge on any atom is -0.483 e. The number of carbonyl (C=O) groups is 1. The summed E-state index contributed by atoms with van der Waals surface area (Å²) in [7, 11) is 2.20. The van der Waals surface area contributed by atoms with Crippen LogP contribution in [0.2, 0.25) is 0 Å². The van der Waals surface area contributed by atoms with Gasteiger partial charge in [0.05, 0.1) is 0 Å². The van der Waals surface area contributed by atoms with Gasteiger partial charge in [-0.05, 0) is 69.1 Å². The van der Waals surface area contributed by atoms with Crippen molar-refractivity contribution < 1.29 is 9.90 Å². The molecule has 1 saturated heterocycles. The molecule has 0 radical (unpaired) electrons. The lowest BCUT2D eigenvalue weighted by molar-refractivity contribution is -0.122. The Morgan fingerprint density at radius 2 is 1.94 bits per heavy atom. The molecule has 0 atom stereocenters. The number of nitrogens with two attached hydrogens (primary N) is 1. The molecule has 0 saturated carbocycles. The first kappa shape index (κ1) is 14.5. The number of nitrogen functional groups attached to an aromatic ring is 1. The van der Waals surface area contributed by atoms with Crippen molar-refractivity contribution in [1.82, 2.24) is 4.90 Å². The zero-order valence-corrected chi connectivity index (χ0v) is 11.1. The largest absolute Gasteiger partial charge is 0.483 e. The van der Waals surface area contributed by atoms with Gasteiger partial charge in [-0.1, -0.05) is 6.07 Å². The van der Waals surface area contributed by atoms with Crippen molar-refractivity contribution in [2.75, 3.05) is 25.9 Å². The quantitative estimate of drug-likeness (QED) is 0.591. The maximum Gasteiger partial charge on any atom is 0.290 e. The molecule has 0 aromatic heterocycles. The average Bonchev–Trinajstić information content (AvgIpc) is 2.32. The monoisotopic (exact) mass is 250 g/mol. The van der Waals surface area contributed by atoms with Crippen LogP contribution in [-0.2, 0) is 4.79 Å². The second kappa shape index (κ2) is 7.01. The highest BCUT2D eigenvalue weighted by Gasteiger charge is 2.19. The van der Waals surface area contributed by atoms with Gasteiger partial charge >= 0.3 is 0 Å². The minimum atomic E-state index is -0.250. The Hall–Kier alpha value is -1.55. The van der Waals surface area contributed by atoms with Crippen molar-refractivity contribution in [2.45, 2.75) is 25.7 Å². The third-order valence-corrected chi connectivity index (χ3v) is 3.45. The molecule has 0 bridgehead atoms. The zero-order valence-electron chi connectivity index (χ0n) is 11.1. The van der Waals surface area contributed by atoms with Crippen LogP contribution in [0.15, 0.2) is 18.2 Å². The average molecular weight is 250 g/mol. The smallest absolute Gasteiger partial charge is 0.290 e. The summed E-state index contributed by atoms with van der Waals surface area (Å²) in [5.74, 6) is 0.738. The van der Waals surface area contributed by atoms with Crippen molar-refractivity contribution >= 4 is 12.2 Å². The summed E-state index contributed by atoms with van der Waals surface area (Å²) in [6.07, 6.45) is 2.56. The lowest BCUT2D eigenvalue weighted by Crippen LogP contribution is -2.29. The number of anilines is 1. The first-order valence-corrected chi connectivity index (χ1v) is 6.21. The van der Waals surface area contributed by atoms with Crippen LogP contribution in [0.1, 0.15) is 29.9 Å². The van der Waals surface area contributed by atoms with E-state index in [1.807, 2.05) is 6.07 Å². The number of hydrogen-bond donors (Lipinski definition) is 2. The topological polar surface area (TPSA) is 66.6 Å². The number of piperidine rings is 1. The van der Waals surface area contributed by atoms with Crippen LogP contribution in [0, 0.1) is 6.92 Å². The van der Waals surface area contributed by atoms with Crippen LogP contribution in [0.3, 0.4) is 0 Å². The summed E-state index contributed by atoms with van der Waals surface area (Å²) in [5, 5.41) is 6.89. The van der Waals surface area contributed by atoms with Gasteiger partial charge < -0.3 is 15.7 Å². The third-order valence-electron chi connectivity index (χ3n) is 3.45. The van der Waals surface area contributed by atoms with Gasteiger partial charge in [0.1, 0.15) is 0 Å². The van der Waals surface area contributed by atoms with Gasteiger partial charge in [-0.15, -0.1) is 0 Å². The van der Waals surface area contributed by atoms with E-state index in [4.69, 9.17) is 15.6 Å². The number of aryl methyl sites for hydroxylation is 1. The van der Waals surface area contributed by atoms with Gasteiger partial charge in [0.25, 0.3) is 6.47 Å². The maximum absolute atomic E-state index is 8.36. The molecule has 18 heavy (non-hydrogen) atoms. The van der Waals surface area contributed by atoms with Gasteiger partial charge in [0, 0.05) is 5.69 Å². The number of likely N-dealkylation sites (tertiary alicyclic amines) is 1. The second-order valence-corrected chi connectivity index (χ2v) is 4.80. The van der Waals surface area contributed by atoms with Crippen LogP contribution >= 0.6 is 0 Å². The van der Waals surface area contributed by atoms with E-state index in [9.17, 15) is 0 Å². The fourth-order valence-electron chi connectivity index (χ4n) is 2.48. The highest BCUT2D eigenvalue weighted by molar-refractivity contribution is 5.45. The van der Waals surface area contributed by atoms with Crippen LogP contribution in [0.25, 0.3) is 0 Å². The molecule has 1 aromatic rings. The van der Waals surface area contributed by atoms with Crippen LogP contribution in [0.5, 0.6) is 0 Å². The van der Waals surface area contributed by atoms with Crippen molar-refractivity contribution in [2.24, 2.45) is 0 Å². The van der Waals surface area contributed by atoms with Crippen molar-refractivity contribution in [1.29, 1.82) is 0 Å². The molecule has 1 heterocycles. The number of carboxylic acid groups (broad SMARTS) is 1. The van der Waals surface area contributed by atoms with E-state index in [2.05, 4.69) is 31.0 Å². The Morgan fingerprint density at radius 3 is 2.44 bits per heavy atom. The summed E-state index contributed by atoms with van der Waals surface area (Å²) in [4.78, 5) is 10.8. The van der Waals surface area contributed by atoms with Crippen LogP contribution < -0.4 is 5.73 Å². The molecule has 3 N–H and O–H groups in total. The number of hydrogen-bond acceptors (Lipinski definition) is 3. The van der Waals surface area contributed by atoms with E-state index in [0.29, 0.717) is 0 Å². The highest BCUT2D eigenvalue weighted by Crippen LogP contribution is 2.30. The van der Waals surface area contributed by atoms with Gasteiger partial charge in [-0.2, -0.15) is 0 Å². The van der Waals surface area contributed by atoms with Crippen molar-refractivity contribution in [3.63, 3.8) is 0 Å². The molecule has 0 amide bonds. The van der Waals surface area contributed by atoms with E-state index in [1.165, 1.54) is 37.1 Å². The minimum absolute atomic E-state index is 0.250. The fraction of sp³-hybridized carbons (Fsp3) is 0.500. The van der Waals surface area contributed by atoms with E-state index in [0.717, 1.165) is 11.6 Å². The Kier molecular flexibility index (Phi) is 5.65. The standard InChI is InChI=1S/C13H20N2.CH2O2/c1-10-9-12(14)3-4-13(10)11-5-7-15(2)8-6-11;2-1-3/h3-4,9,11H,5-8,14H2,1-2H3;1H,(H,2,3). The van der Waals surface area contributed by atoms with E-state index >= 15 is 0 Å². The molecule has 4 nitrogen and oxygen atoms in total. The molecule has 1 fully saturated rings. The Bertz CT molecular complexity index is 385. The van der Waals surface area contributed by atoms with Gasteiger partial charge in [-0.25, -0.2) is 0 Å². The molecule has 2 rings (SSSR count). The summed E-state index contributed by atoms with van der Waals surface area (Å²) in [5.41, 5.74) is 9.50. The molecule has 4 heteroatoms. The zero-order chi connectivity index (χ0) is 13.5. The SMILES string of the molecule is Cc1cc(N)ccc1C1CCN(C)CC1.O=CO.